The molecule has 2 aromatic rings. The van der Waals surface area contributed by atoms with Gasteiger partial charge in [-0.15, -0.1) is 0 Å². The molecule has 1 aliphatic rings. The van der Waals surface area contributed by atoms with Crippen molar-refractivity contribution in [2.75, 3.05) is 46.1 Å². The quantitative estimate of drug-likeness (QED) is 0.672. The maximum atomic E-state index is 12.6. The van der Waals surface area contributed by atoms with Crippen LogP contribution in [0, 0.1) is 6.92 Å². The van der Waals surface area contributed by atoms with Gasteiger partial charge >= 0.3 is 0 Å². The van der Waals surface area contributed by atoms with Crippen LogP contribution < -0.4 is 19.7 Å². The molecule has 3 rings (SSSR count). The molecule has 2 aromatic carbocycles. The first-order valence-electron chi connectivity index (χ1n) is 10.3. The molecule has 29 heavy (non-hydrogen) atoms. The average molecular weight is 400 g/mol. The minimum atomic E-state index is -0.128. The number of carbonyl (C=O) groups excluding carboxylic acids is 1. The topological polar surface area (TPSA) is 61.2 Å². The first-order valence-corrected chi connectivity index (χ1v) is 10.3. The van der Waals surface area contributed by atoms with Crippen molar-refractivity contribution in [2.45, 2.75) is 19.9 Å². The van der Waals surface area contributed by atoms with E-state index in [2.05, 4.69) is 36.5 Å². The van der Waals surface area contributed by atoms with Crippen molar-refractivity contribution >= 4 is 5.91 Å². The molecular formula is C23H31N2O4+. The van der Waals surface area contributed by atoms with Crippen molar-refractivity contribution < 1.29 is 23.9 Å². The van der Waals surface area contributed by atoms with E-state index in [9.17, 15) is 4.79 Å². The van der Waals surface area contributed by atoms with Crippen LogP contribution in [0.15, 0.2) is 48.5 Å². The van der Waals surface area contributed by atoms with Crippen LogP contribution in [0.3, 0.4) is 0 Å². The maximum absolute atomic E-state index is 12.6. The summed E-state index contributed by atoms with van der Waals surface area (Å²) in [4.78, 5) is 14.0. The fourth-order valence-corrected chi connectivity index (χ4v) is 3.39. The molecule has 0 saturated carbocycles. The van der Waals surface area contributed by atoms with Crippen LogP contribution in [-0.4, -0.2) is 52.0 Å². The molecule has 0 radical (unpaired) electrons. The molecule has 1 amide bonds. The molecule has 2 N–H and O–H groups in total. The highest BCUT2D eigenvalue weighted by molar-refractivity contribution is 5.78. The zero-order valence-corrected chi connectivity index (χ0v) is 17.3. The van der Waals surface area contributed by atoms with Gasteiger partial charge in [0.2, 0.25) is 0 Å². The Bertz CT molecular complexity index is 755. The van der Waals surface area contributed by atoms with Gasteiger partial charge in [-0.05, 0) is 43.7 Å². The first-order chi connectivity index (χ1) is 14.1. The second-order valence-electron chi connectivity index (χ2n) is 7.29. The maximum Gasteiger partial charge on any atom is 0.258 e. The van der Waals surface area contributed by atoms with Gasteiger partial charge in [-0.2, -0.15) is 0 Å². The zero-order valence-electron chi connectivity index (χ0n) is 17.3. The summed E-state index contributed by atoms with van der Waals surface area (Å²) in [5, 5.41) is 3.15. The lowest BCUT2D eigenvalue weighted by Gasteiger charge is -2.28. The SMILES string of the molecule is CCOc1ccc(OCC(=O)N[C@H](C[NH+]2CCOCC2)c2ccc(C)cc2)cc1. The first kappa shape index (κ1) is 21.1. The monoisotopic (exact) mass is 399 g/mol. The number of morpholine rings is 1. The lowest BCUT2D eigenvalue weighted by atomic mass is 10.0. The van der Waals surface area contributed by atoms with E-state index in [0.717, 1.165) is 44.2 Å². The van der Waals surface area contributed by atoms with Crippen molar-refractivity contribution in [1.82, 2.24) is 5.32 Å². The lowest BCUT2D eigenvalue weighted by molar-refractivity contribution is -0.909. The minimum Gasteiger partial charge on any atom is -0.494 e. The van der Waals surface area contributed by atoms with Gasteiger partial charge in [-0.25, -0.2) is 0 Å². The molecule has 0 spiro atoms. The number of ether oxygens (including phenoxy) is 3. The third-order valence-electron chi connectivity index (χ3n) is 5.01. The largest absolute Gasteiger partial charge is 0.494 e. The zero-order chi connectivity index (χ0) is 20.5. The van der Waals surface area contributed by atoms with E-state index in [1.54, 1.807) is 0 Å². The highest BCUT2D eigenvalue weighted by Crippen LogP contribution is 2.18. The van der Waals surface area contributed by atoms with Crippen molar-refractivity contribution in [3.63, 3.8) is 0 Å². The van der Waals surface area contributed by atoms with Gasteiger partial charge in [-0.3, -0.25) is 4.79 Å². The van der Waals surface area contributed by atoms with E-state index in [0.29, 0.717) is 12.4 Å². The summed E-state index contributed by atoms with van der Waals surface area (Å²) < 4.78 is 16.5. The summed E-state index contributed by atoms with van der Waals surface area (Å²) in [6.45, 7) is 8.90. The van der Waals surface area contributed by atoms with E-state index in [-0.39, 0.29) is 18.6 Å². The fraction of sp³-hybridized carbons (Fsp3) is 0.435. The van der Waals surface area contributed by atoms with Crippen LogP contribution in [-0.2, 0) is 9.53 Å². The van der Waals surface area contributed by atoms with E-state index >= 15 is 0 Å². The summed E-state index contributed by atoms with van der Waals surface area (Å²) in [6.07, 6.45) is 0. The fourth-order valence-electron chi connectivity index (χ4n) is 3.39. The number of benzene rings is 2. The Kier molecular flexibility index (Phi) is 7.90. The molecule has 1 aliphatic heterocycles. The van der Waals surface area contributed by atoms with E-state index in [1.807, 2.05) is 31.2 Å². The molecule has 1 fully saturated rings. The van der Waals surface area contributed by atoms with Gasteiger partial charge in [0.1, 0.15) is 37.2 Å². The van der Waals surface area contributed by atoms with Crippen LogP contribution in [0.1, 0.15) is 24.1 Å². The number of carbonyl (C=O) groups is 1. The molecule has 156 valence electrons. The van der Waals surface area contributed by atoms with Crippen molar-refractivity contribution in [3.05, 3.63) is 59.7 Å². The third-order valence-corrected chi connectivity index (χ3v) is 5.01. The molecule has 1 heterocycles. The Morgan fingerprint density at radius 1 is 1.03 bits per heavy atom. The normalized spacial score (nSPS) is 15.5. The average Bonchev–Trinajstić information content (AvgIpc) is 2.74. The Labute approximate surface area is 172 Å². The Hall–Kier alpha value is -2.57. The summed E-state index contributed by atoms with van der Waals surface area (Å²) in [5.41, 5.74) is 2.32. The van der Waals surface area contributed by atoms with Crippen LogP contribution >= 0.6 is 0 Å². The van der Waals surface area contributed by atoms with Crippen molar-refractivity contribution in [2.24, 2.45) is 0 Å². The van der Waals surface area contributed by atoms with Gasteiger partial charge in [0, 0.05) is 0 Å². The molecular weight excluding hydrogens is 368 g/mol. The summed E-state index contributed by atoms with van der Waals surface area (Å²) in [6, 6.07) is 15.6. The highest BCUT2D eigenvalue weighted by atomic mass is 16.5. The number of amides is 1. The number of nitrogens with one attached hydrogen (secondary N) is 2. The lowest BCUT2D eigenvalue weighted by Crippen LogP contribution is -3.14. The summed E-state index contributed by atoms with van der Waals surface area (Å²) >= 11 is 0. The predicted molar refractivity (Wildman–Crippen MR) is 112 cm³/mol. The van der Waals surface area contributed by atoms with E-state index in [4.69, 9.17) is 14.2 Å². The van der Waals surface area contributed by atoms with Crippen LogP contribution in [0.4, 0.5) is 0 Å². The highest BCUT2D eigenvalue weighted by Gasteiger charge is 2.23. The van der Waals surface area contributed by atoms with Gasteiger partial charge in [-0.1, -0.05) is 29.8 Å². The summed E-state index contributed by atoms with van der Waals surface area (Å²) in [7, 11) is 0. The Balaban J connectivity index is 1.58. The summed E-state index contributed by atoms with van der Waals surface area (Å²) in [5.74, 6) is 1.31. The molecule has 1 saturated heterocycles. The predicted octanol–water partition coefficient (Wildman–Crippen LogP) is 1.55. The van der Waals surface area contributed by atoms with Crippen LogP contribution in [0.2, 0.25) is 0 Å². The van der Waals surface area contributed by atoms with E-state index < -0.39 is 0 Å². The number of hydrogen-bond donors (Lipinski definition) is 2. The number of aryl methyl sites for hydroxylation is 1. The second kappa shape index (κ2) is 10.8. The van der Waals surface area contributed by atoms with Gasteiger partial charge < -0.3 is 24.4 Å². The van der Waals surface area contributed by atoms with Gasteiger partial charge in [0.05, 0.1) is 19.8 Å². The molecule has 0 aromatic heterocycles. The standard InChI is InChI=1S/C23H30N2O4/c1-3-28-20-8-10-21(11-9-20)29-17-23(26)24-22(16-25-12-14-27-15-13-25)19-6-4-18(2)5-7-19/h4-11,22H,3,12-17H2,1-2H3,(H,24,26)/p+1/t22-/m1/s1. The molecule has 0 unspecified atom stereocenters. The number of rotatable bonds is 9. The van der Waals surface area contributed by atoms with Crippen molar-refractivity contribution in [3.8, 4) is 11.5 Å². The van der Waals surface area contributed by atoms with Crippen LogP contribution in [0.5, 0.6) is 11.5 Å². The molecule has 0 bridgehead atoms. The van der Waals surface area contributed by atoms with Crippen LogP contribution in [0.25, 0.3) is 0 Å². The molecule has 6 heteroatoms. The number of hydrogen-bond acceptors (Lipinski definition) is 4. The van der Waals surface area contributed by atoms with E-state index in [1.165, 1.54) is 10.5 Å². The third kappa shape index (κ3) is 6.76. The van der Waals surface area contributed by atoms with Gasteiger partial charge in [0.25, 0.3) is 5.91 Å². The molecule has 1 atom stereocenters. The Morgan fingerprint density at radius 3 is 2.28 bits per heavy atom. The smallest absolute Gasteiger partial charge is 0.258 e. The molecule has 0 aliphatic carbocycles. The number of quaternary nitrogens is 1. The minimum absolute atomic E-state index is 0.0191. The van der Waals surface area contributed by atoms with Gasteiger partial charge in [0.15, 0.2) is 6.61 Å². The second-order valence-corrected chi connectivity index (χ2v) is 7.29. The Morgan fingerprint density at radius 2 is 1.66 bits per heavy atom. The molecule has 6 nitrogen and oxygen atoms in total. The van der Waals surface area contributed by atoms with Crippen molar-refractivity contribution in [1.29, 1.82) is 0 Å².